The number of benzene rings is 3. The van der Waals surface area contributed by atoms with E-state index in [-0.39, 0.29) is 36.8 Å². The Balaban J connectivity index is 1.39. The molecule has 8 nitrogen and oxygen atoms in total. The minimum atomic E-state index is -0.384. The first-order valence-electron chi connectivity index (χ1n) is 12.2. The molecule has 3 aromatic carbocycles. The van der Waals surface area contributed by atoms with Gasteiger partial charge in [0.15, 0.2) is 18.1 Å². The lowest BCUT2D eigenvalue weighted by atomic mass is 10.2. The molecule has 11 heteroatoms. The van der Waals surface area contributed by atoms with Gasteiger partial charge >= 0.3 is 0 Å². The standard InChI is InChI=1S/C29H26ClIN2O6S/c1-17-5-4-6-21(11-17)38-10-9-33-28(35)25(40-29(33)36)14-19-12-23(31)27(24(13-19)37-3)39-16-26(34)32-20-8-7-18(2)22(30)15-20/h4-8,11-15H,9-10,16H2,1-3H3,(H,32,34)/b25-14-. The van der Waals surface area contributed by atoms with Crippen molar-refractivity contribution in [2.75, 3.05) is 32.2 Å². The van der Waals surface area contributed by atoms with Gasteiger partial charge in [0.05, 0.1) is 22.1 Å². The molecule has 0 unspecified atom stereocenters. The lowest BCUT2D eigenvalue weighted by molar-refractivity contribution is -0.123. The number of ether oxygens (including phenoxy) is 3. The van der Waals surface area contributed by atoms with Crippen molar-refractivity contribution in [1.29, 1.82) is 0 Å². The number of aryl methyl sites for hydroxylation is 2. The lowest BCUT2D eigenvalue weighted by Crippen LogP contribution is -2.32. The molecular formula is C29H26ClIN2O6S. The van der Waals surface area contributed by atoms with Crippen molar-refractivity contribution < 1.29 is 28.6 Å². The van der Waals surface area contributed by atoms with E-state index >= 15 is 0 Å². The van der Waals surface area contributed by atoms with E-state index < -0.39 is 0 Å². The molecule has 1 aliphatic rings. The minimum Gasteiger partial charge on any atom is -0.493 e. The van der Waals surface area contributed by atoms with Crippen LogP contribution in [0.15, 0.2) is 59.5 Å². The fourth-order valence-corrected chi connectivity index (χ4v) is 5.60. The number of nitrogens with zero attached hydrogens (tertiary/aromatic N) is 1. The molecule has 0 saturated carbocycles. The van der Waals surface area contributed by atoms with Gasteiger partial charge < -0.3 is 19.5 Å². The predicted octanol–water partition coefficient (Wildman–Crippen LogP) is 6.70. The molecule has 208 valence electrons. The van der Waals surface area contributed by atoms with Crippen LogP contribution in [-0.4, -0.2) is 48.8 Å². The largest absolute Gasteiger partial charge is 0.493 e. The van der Waals surface area contributed by atoms with Crippen LogP contribution in [0.4, 0.5) is 10.5 Å². The lowest BCUT2D eigenvalue weighted by Gasteiger charge is -2.14. The molecule has 0 radical (unpaired) electrons. The smallest absolute Gasteiger partial charge is 0.293 e. The molecule has 0 aliphatic carbocycles. The second-order valence-electron chi connectivity index (χ2n) is 8.83. The summed E-state index contributed by atoms with van der Waals surface area (Å²) >= 11 is 9.07. The Hall–Kier alpha value is -3.22. The van der Waals surface area contributed by atoms with Gasteiger partial charge in [-0.25, -0.2) is 0 Å². The number of methoxy groups -OCH3 is 1. The van der Waals surface area contributed by atoms with Gasteiger partial charge in [0.1, 0.15) is 12.4 Å². The molecule has 3 amide bonds. The van der Waals surface area contributed by atoms with Gasteiger partial charge in [0.2, 0.25) is 0 Å². The van der Waals surface area contributed by atoms with Gasteiger partial charge in [-0.1, -0.05) is 29.8 Å². The number of nitrogens with one attached hydrogen (secondary N) is 1. The van der Waals surface area contributed by atoms with E-state index in [2.05, 4.69) is 27.9 Å². The number of anilines is 1. The van der Waals surface area contributed by atoms with Gasteiger partial charge in [0.25, 0.3) is 17.1 Å². The Kier molecular flexibility index (Phi) is 9.99. The third kappa shape index (κ3) is 7.49. The highest BCUT2D eigenvalue weighted by Crippen LogP contribution is 2.37. The fraction of sp³-hybridized carbons (Fsp3) is 0.207. The van der Waals surface area contributed by atoms with E-state index in [9.17, 15) is 14.4 Å². The summed E-state index contributed by atoms with van der Waals surface area (Å²) in [6.45, 7) is 3.92. The highest BCUT2D eigenvalue weighted by atomic mass is 127. The summed E-state index contributed by atoms with van der Waals surface area (Å²) in [6, 6.07) is 16.3. The zero-order valence-corrected chi connectivity index (χ0v) is 25.7. The van der Waals surface area contributed by atoms with E-state index in [1.54, 1.807) is 30.3 Å². The third-order valence-electron chi connectivity index (χ3n) is 5.80. The highest BCUT2D eigenvalue weighted by molar-refractivity contribution is 14.1. The van der Waals surface area contributed by atoms with Crippen molar-refractivity contribution in [3.63, 3.8) is 0 Å². The first-order valence-corrected chi connectivity index (χ1v) is 14.4. The molecule has 40 heavy (non-hydrogen) atoms. The van der Waals surface area contributed by atoms with E-state index in [0.29, 0.717) is 42.0 Å². The highest BCUT2D eigenvalue weighted by Gasteiger charge is 2.35. The van der Waals surface area contributed by atoms with E-state index in [1.807, 2.05) is 44.2 Å². The Labute approximate surface area is 255 Å². The SMILES string of the molecule is COc1cc(/C=C2\SC(=O)N(CCOc3cccc(C)c3)C2=O)cc(I)c1OCC(=O)Nc1ccc(C)c(Cl)c1. The van der Waals surface area contributed by atoms with Crippen LogP contribution in [0.25, 0.3) is 6.08 Å². The Morgan fingerprint density at radius 2 is 1.90 bits per heavy atom. The van der Waals surface area contributed by atoms with Gasteiger partial charge in [-0.15, -0.1) is 0 Å². The van der Waals surface area contributed by atoms with Crippen molar-refractivity contribution in [1.82, 2.24) is 4.90 Å². The second kappa shape index (κ2) is 13.4. The Bertz CT molecular complexity index is 1500. The summed E-state index contributed by atoms with van der Waals surface area (Å²) in [5.74, 6) is 0.712. The number of amides is 3. The summed E-state index contributed by atoms with van der Waals surface area (Å²) in [5.41, 5.74) is 3.18. The number of carbonyl (C=O) groups excluding carboxylic acids is 3. The Morgan fingerprint density at radius 3 is 2.62 bits per heavy atom. The first-order chi connectivity index (χ1) is 19.1. The van der Waals surface area contributed by atoms with Crippen LogP contribution in [0, 0.1) is 17.4 Å². The maximum atomic E-state index is 12.9. The summed E-state index contributed by atoms with van der Waals surface area (Å²) in [6.07, 6.45) is 1.63. The number of rotatable bonds is 10. The normalized spacial score (nSPS) is 14.0. The van der Waals surface area contributed by atoms with Crippen LogP contribution >= 0.6 is 46.0 Å². The third-order valence-corrected chi connectivity index (χ3v) is 7.92. The van der Waals surface area contributed by atoms with Crippen molar-refractivity contribution in [3.8, 4) is 17.2 Å². The molecular weight excluding hydrogens is 667 g/mol. The summed E-state index contributed by atoms with van der Waals surface area (Å²) in [4.78, 5) is 39.4. The second-order valence-corrected chi connectivity index (χ2v) is 11.4. The average molecular weight is 693 g/mol. The fourth-order valence-electron chi connectivity index (χ4n) is 3.77. The number of halogens is 2. The topological polar surface area (TPSA) is 94.2 Å². The number of hydrogen-bond acceptors (Lipinski definition) is 7. The molecule has 1 N–H and O–H groups in total. The molecule has 1 fully saturated rings. The maximum Gasteiger partial charge on any atom is 0.293 e. The van der Waals surface area contributed by atoms with E-state index in [1.165, 1.54) is 12.0 Å². The molecule has 3 aromatic rings. The van der Waals surface area contributed by atoms with Crippen molar-refractivity contribution in [2.45, 2.75) is 13.8 Å². The van der Waals surface area contributed by atoms with Gasteiger partial charge in [-0.3, -0.25) is 19.3 Å². The van der Waals surface area contributed by atoms with Crippen molar-refractivity contribution in [2.24, 2.45) is 0 Å². The predicted molar refractivity (Wildman–Crippen MR) is 165 cm³/mol. The molecule has 1 aliphatic heterocycles. The van der Waals surface area contributed by atoms with Crippen LogP contribution < -0.4 is 19.5 Å². The molecule has 0 aromatic heterocycles. The number of carbonyl (C=O) groups is 3. The Morgan fingerprint density at radius 1 is 1.10 bits per heavy atom. The molecule has 1 heterocycles. The molecule has 0 bridgehead atoms. The minimum absolute atomic E-state index is 0.139. The first kappa shape index (κ1) is 29.8. The monoisotopic (exact) mass is 692 g/mol. The van der Waals surface area contributed by atoms with E-state index in [0.717, 1.165) is 22.9 Å². The van der Waals surface area contributed by atoms with Crippen LogP contribution in [0.3, 0.4) is 0 Å². The number of thioether (sulfide) groups is 1. The summed E-state index contributed by atoms with van der Waals surface area (Å²) in [5, 5.41) is 2.95. The molecule has 4 rings (SSSR count). The zero-order chi connectivity index (χ0) is 28.8. The van der Waals surface area contributed by atoms with E-state index in [4.69, 9.17) is 25.8 Å². The summed E-state index contributed by atoms with van der Waals surface area (Å²) < 4.78 is 17.6. The van der Waals surface area contributed by atoms with Gasteiger partial charge in [0, 0.05) is 10.7 Å². The molecule has 0 atom stereocenters. The molecule has 0 spiro atoms. The van der Waals surface area contributed by atoms with Gasteiger partial charge in [-0.2, -0.15) is 0 Å². The van der Waals surface area contributed by atoms with Crippen LogP contribution in [0.2, 0.25) is 5.02 Å². The van der Waals surface area contributed by atoms with Crippen LogP contribution in [0.5, 0.6) is 17.2 Å². The van der Waals surface area contributed by atoms with Gasteiger partial charge in [-0.05, 0) is 107 Å². The number of hydrogen-bond donors (Lipinski definition) is 1. The maximum absolute atomic E-state index is 12.9. The van der Waals surface area contributed by atoms with Crippen LogP contribution in [-0.2, 0) is 9.59 Å². The summed E-state index contributed by atoms with van der Waals surface area (Å²) in [7, 11) is 1.48. The zero-order valence-electron chi connectivity index (χ0n) is 22.0. The van der Waals surface area contributed by atoms with Crippen LogP contribution in [0.1, 0.15) is 16.7 Å². The number of imide groups is 1. The van der Waals surface area contributed by atoms with Crippen molar-refractivity contribution >= 4 is 74.8 Å². The van der Waals surface area contributed by atoms with Crippen molar-refractivity contribution in [3.05, 3.63) is 84.8 Å². The average Bonchev–Trinajstić information content (AvgIpc) is 3.17. The molecule has 1 saturated heterocycles. The quantitative estimate of drug-likeness (QED) is 0.187.